The molecule has 14 rings (SSSR count). The Morgan fingerprint density at radius 3 is 1.33 bits per heavy atom. The number of carbonyl (C=O) groups excluding carboxylic acids is 5. The highest BCUT2D eigenvalue weighted by atomic mass is 32.2. The van der Waals surface area contributed by atoms with E-state index in [1.165, 1.54) is 82.2 Å². The number of aromatic carboxylic acids is 1. The number of hydrogen-bond acceptors (Lipinski definition) is 10. The van der Waals surface area contributed by atoms with Crippen molar-refractivity contribution < 1.29 is 42.3 Å². The molecule has 2 N–H and O–H groups in total. The summed E-state index contributed by atoms with van der Waals surface area (Å²) in [4.78, 5) is 91.0. The minimum absolute atomic E-state index is 0.0124. The Morgan fingerprint density at radius 1 is 0.500 bits per heavy atom. The molecule has 464 valence electrons. The number of anilines is 2. The molecule has 8 aliphatic heterocycles. The topological polar surface area (TPSA) is 191 Å². The molecule has 18 heteroatoms. The zero-order valence-corrected chi connectivity index (χ0v) is 51.8. The van der Waals surface area contributed by atoms with E-state index in [-0.39, 0.29) is 65.2 Å². The summed E-state index contributed by atoms with van der Waals surface area (Å²) in [7, 11) is -1.20. The number of benzene rings is 4. The van der Waals surface area contributed by atoms with Crippen molar-refractivity contribution in [1.29, 1.82) is 0 Å². The van der Waals surface area contributed by atoms with E-state index >= 15 is 0 Å². The van der Waals surface area contributed by atoms with Crippen molar-refractivity contribution in [1.82, 2.24) is 28.6 Å². The van der Waals surface area contributed by atoms with Crippen molar-refractivity contribution in [2.45, 2.75) is 152 Å². The molecule has 4 aromatic rings. The summed E-state index contributed by atoms with van der Waals surface area (Å²) in [6.07, 6.45) is 22.5. The number of nitrogens with zero attached hydrogens (tertiary/aromatic N) is 7. The summed E-state index contributed by atoms with van der Waals surface area (Å²) in [5, 5.41) is 9.85. The molecule has 8 heterocycles. The molecule has 4 unspecified atom stereocenters. The number of likely N-dealkylation sites (tertiary alicyclic amines) is 4. The third kappa shape index (κ3) is 11.4. The van der Waals surface area contributed by atoms with Crippen molar-refractivity contribution in [2.24, 2.45) is 11.8 Å². The Kier molecular flexibility index (Phi) is 16.9. The van der Waals surface area contributed by atoms with Gasteiger partial charge in [-0.3, -0.25) is 24.0 Å². The smallest absolute Gasteiger partial charge is 0.335 e. The lowest BCUT2D eigenvalue weighted by atomic mass is 9.73. The van der Waals surface area contributed by atoms with Crippen LogP contribution in [0.5, 0.6) is 0 Å². The third-order valence-corrected chi connectivity index (χ3v) is 22.8. The van der Waals surface area contributed by atoms with E-state index in [2.05, 4.69) is 63.1 Å². The summed E-state index contributed by atoms with van der Waals surface area (Å²) >= 11 is 0. The average molecular weight is 1210 g/mol. The number of carboxylic acids is 1. The lowest BCUT2D eigenvalue weighted by Gasteiger charge is -2.38. The largest absolute Gasteiger partial charge is 0.478 e. The van der Waals surface area contributed by atoms with Gasteiger partial charge in [0.25, 0.3) is 17.7 Å². The number of fused-ring (bicyclic) bond motifs is 10. The van der Waals surface area contributed by atoms with E-state index in [1.807, 2.05) is 56.0 Å². The number of piperidine rings is 2. The molecule has 0 radical (unpaired) electrons. The van der Waals surface area contributed by atoms with Crippen molar-refractivity contribution in [3.8, 4) is 0 Å². The van der Waals surface area contributed by atoms with Crippen molar-refractivity contribution in [2.75, 3.05) is 76.3 Å². The highest BCUT2D eigenvalue weighted by Crippen LogP contribution is 2.59. The molecular formula is C70H84N8O9S. The standard InChI is InChI=1S/C36H45N5O5S.C34H39N3O4/c1-38(2)47(45,46)37-35(43)26-14-15-30-31(22-26)41-23-27(36(44)39-19-16-28(17-20-39)40-18-8-13-32(40)42)21-25-11-6-7-12-29(25)34(41)33(30)24-9-4-3-5-10-24;38-30-11-6-16-36(30)26-14-17-35(18-15-26)33(39)25-19-23-9-4-5-10-27(23)32-31(22-7-2-1-3-8-22)28-13-12-24(34(40)41)20-29(28)37(32)21-25/h6-7,11-12,14-15,21-22,24,28,33-34H,3-5,8-10,13,16-20,23H2,1-2H3,(H,37,43);4-5,9-10,12-13,19-20,22,26,31-32H,1-3,6-8,11,14-18,21H2,(H,40,41). The van der Waals surface area contributed by atoms with Gasteiger partial charge in [-0.2, -0.15) is 12.7 Å². The van der Waals surface area contributed by atoms with Crippen LogP contribution in [0.2, 0.25) is 0 Å². The van der Waals surface area contributed by atoms with Crippen LogP contribution in [0.3, 0.4) is 0 Å². The van der Waals surface area contributed by atoms with Crippen LogP contribution in [-0.4, -0.2) is 151 Å². The maximum atomic E-state index is 14.3. The Bertz CT molecular complexity index is 3570. The van der Waals surface area contributed by atoms with Gasteiger partial charge in [0.1, 0.15) is 0 Å². The number of rotatable bonds is 10. The van der Waals surface area contributed by atoms with E-state index < -0.39 is 22.1 Å². The van der Waals surface area contributed by atoms with Gasteiger partial charge in [-0.15, -0.1) is 0 Å². The molecule has 10 aliphatic rings. The van der Waals surface area contributed by atoms with Gasteiger partial charge >= 0.3 is 16.2 Å². The minimum Gasteiger partial charge on any atom is -0.478 e. The number of amides is 5. The quantitative estimate of drug-likeness (QED) is 0.154. The van der Waals surface area contributed by atoms with Crippen LogP contribution in [0.1, 0.15) is 194 Å². The molecule has 5 amide bonds. The fourth-order valence-electron chi connectivity index (χ4n) is 17.0. The van der Waals surface area contributed by atoms with Gasteiger partial charge in [-0.1, -0.05) is 99.2 Å². The van der Waals surface area contributed by atoms with Crippen LogP contribution in [-0.2, 0) is 29.4 Å². The predicted octanol–water partition coefficient (Wildman–Crippen LogP) is 10.1. The van der Waals surface area contributed by atoms with Gasteiger partial charge in [-0.25, -0.2) is 9.52 Å². The van der Waals surface area contributed by atoms with Gasteiger partial charge in [0.2, 0.25) is 11.8 Å². The summed E-state index contributed by atoms with van der Waals surface area (Å²) in [5.41, 5.74) is 10.8. The van der Waals surface area contributed by atoms with Gasteiger partial charge in [0, 0.05) is 131 Å². The first kappa shape index (κ1) is 59.6. The van der Waals surface area contributed by atoms with Gasteiger partial charge in [-0.05, 0) is 146 Å². The maximum Gasteiger partial charge on any atom is 0.335 e. The first-order valence-corrected chi connectivity index (χ1v) is 34.1. The molecule has 0 spiro atoms. The highest BCUT2D eigenvalue weighted by molar-refractivity contribution is 7.87. The second kappa shape index (κ2) is 24.9. The Morgan fingerprint density at radius 2 is 0.920 bits per heavy atom. The van der Waals surface area contributed by atoms with E-state index in [0.717, 1.165) is 102 Å². The Hall–Kier alpha value is -7.31. The molecule has 2 aliphatic carbocycles. The molecule has 17 nitrogen and oxygen atoms in total. The lowest BCUT2D eigenvalue weighted by molar-refractivity contribution is -0.134. The molecule has 0 aromatic heterocycles. The molecule has 2 saturated carbocycles. The second-order valence-corrected chi connectivity index (χ2v) is 28.5. The lowest BCUT2D eigenvalue weighted by Crippen LogP contribution is -2.48. The monoisotopic (exact) mass is 1210 g/mol. The van der Waals surface area contributed by atoms with E-state index in [1.54, 1.807) is 12.1 Å². The molecule has 88 heavy (non-hydrogen) atoms. The zero-order valence-electron chi connectivity index (χ0n) is 51.0. The summed E-state index contributed by atoms with van der Waals surface area (Å²) in [6.45, 7) is 5.04. The van der Waals surface area contributed by atoms with Crippen LogP contribution in [0.4, 0.5) is 11.4 Å². The van der Waals surface area contributed by atoms with Gasteiger partial charge < -0.3 is 34.5 Å². The van der Waals surface area contributed by atoms with Crippen LogP contribution in [0.15, 0.2) is 96.1 Å². The van der Waals surface area contributed by atoms with Crippen LogP contribution in [0, 0.1) is 11.8 Å². The van der Waals surface area contributed by atoms with Gasteiger partial charge in [0.15, 0.2) is 0 Å². The number of nitrogens with one attached hydrogen (secondary N) is 1. The Balaban J connectivity index is 0.000000164. The van der Waals surface area contributed by atoms with E-state index in [9.17, 15) is 42.3 Å². The maximum absolute atomic E-state index is 14.3. The molecule has 4 saturated heterocycles. The van der Waals surface area contributed by atoms with Crippen molar-refractivity contribution >= 4 is 69.2 Å². The highest BCUT2D eigenvalue weighted by Gasteiger charge is 2.49. The predicted molar refractivity (Wildman–Crippen MR) is 339 cm³/mol. The third-order valence-electron chi connectivity index (χ3n) is 21.4. The first-order valence-electron chi connectivity index (χ1n) is 32.7. The van der Waals surface area contributed by atoms with Crippen LogP contribution >= 0.6 is 0 Å². The minimum atomic E-state index is -3.96. The summed E-state index contributed by atoms with van der Waals surface area (Å²) < 4.78 is 28.2. The van der Waals surface area contributed by atoms with Crippen LogP contribution in [0.25, 0.3) is 12.2 Å². The van der Waals surface area contributed by atoms with Crippen molar-refractivity contribution in [3.63, 3.8) is 0 Å². The number of hydrogen-bond donors (Lipinski definition) is 2. The molecule has 4 aromatic carbocycles. The van der Waals surface area contributed by atoms with Gasteiger partial charge in [0.05, 0.1) is 17.6 Å². The summed E-state index contributed by atoms with van der Waals surface area (Å²) in [6, 6.07) is 28.5. The fourth-order valence-corrected chi connectivity index (χ4v) is 17.5. The SMILES string of the molecule is CN(C)S(=O)(=O)NC(=O)c1ccc2c(c1)N1CC(C(=O)N3CCC(N4CCCC4=O)CC3)=Cc3ccccc3C1C2C1CCCCC1.O=C(O)c1ccc2c(c1)N1CC(C(=O)N3CCC(N4CCCC4=O)CC3)=Cc3ccccc3C1C2C1CCCCC1. The molecular weight excluding hydrogens is 1130 g/mol. The van der Waals surface area contributed by atoms with Crippen LogP contribution < -0.4 is 14.5 Å². The Labute approximate surface area is 517 Å². The zero-order chi connectivity index (χ0) is 61.0. The normalized spacial score (nSPS) is 24.3. The first-order chi connectivity index (χ1) is 42.6. The number of carboxylic acid groups (broad SMARTS) is 1. The second-order valence-electron chi connectivity index (χ2n) is 26.6. The van der Waals surface area contributed by atoms with Crippen molar-refractivity contribution in [3.05, 3.63) is 141 Å². The average Bonchev–Trinajstić information content (AvgIpc) is 2.02. The summed E-state index contributed by atoms with van der Waals surface area (Å²) in [5.74, 6) is 0.407. The van der Waals surface area contributed by atoms with E-state index in [0.29, 0.717) is 75.1 Å². The fraction of sp³-hybridized carbons (Fsp3) is 0.514. The molecule has 4 atom stereocenters. The molecule has 0 bridgehead atoms. The van der Waals surface area contributed by atoms with E-state index in [4.69, 9.17) is 0 Å². The molecule has 6 fully saturated rings. The number of carbonyl (C=O) groups is 6.